The van der Waals surface area contributed by atoms with Gasteiger partial charge in [0.25, 0.3) is 0 Å². The normalized spacial score (nSPS) is 13.8. The number of fused-ring (bicyclic) bond motifs is 1. The fourth-order valence-corrected chi connectivity index (χ4v) is 2.72. The Labute approximate surface area is 129 Å². The molecule has 2 aromatic rings. The van der Waals surface area contributed by atoms with Crippen molar-refractivity contribution in [3.05, 3.63) is 41.5 Å². The van der Waals surface area contributed by atoms with Crippen molar-refractivity contribution in [1.82, 2.24) is 19.7 Å². The number of carbonyl (C=O) groups is 1. The van der Waals surface area contributed by atoms with Gasteiger partial charge in [-0.1, -0.05) is 12.1 Å². The molecule has 6 nitrogen and oxygen atoms in total. The summed E-state index contributed by atoms with van der Waals surface area (Å²) in [6, 6.07) is 7.85. The molecule has 1 aliphatic rings. The summed E-state index contributed by atoms with van der Waals surface area (Å²) in [5.41, 5.74) is 1.14. The predicted octanol–water partition coefficient (Wildman–Crippen LogP) is 1.57. The van der Waals surface area contributed by atoms with Crippen molar-refractivity contribution in [2.75, 3.05) is 13.7 Å². The van der Waals surface area contributed by atoms with Gasteiger partial charge in [-0.2, -0.15) is 0 Å². The summed E-state index contributed by atoms with van der Waals surface area (Å²) in [7, 11) is 1.65. The molecular formula is C16H20N4O2. The third-order valence-corrected chi connectivity index (χ3v) is 4.08. The summed E-state index contributed by atoms with van der Waals surface area (Å²) in [6.45, 7) is 4.01. The molecule has 22 heavy (non-hydrogen) atoms. The highest BCUT2D eigenvalue weighted by Crippen LogP contribution is 2.15. The molecule has 0 atom stereocenters. The number of amides is 1. The molecule has 1 aromatic carbocycles. The lowest BCUT2D eigenvalue weighted by Gasteiger charge is -2.27. The quantitative estimate of drug-likeness (QED) is 0.860. The second kappa shape index (κ2) is 6.17. The Morgan fingerprint density at radius 2 is 2.00 bits per heavy atom. The molecule has 2 heterocycles. The van der Waals surface area contributed by atoms with Gasteiger partial charge in [0.05, 0.1) is 13.7 Å². The average Bonchev–Trinajstić information content (AvgIpc) is 2.93. The molecule has 0 unspecified atom stereocenters. The molecule has 0 bridgehead atoms. The summed E-state index contributed by atoms with van der Waals surface area (Å²) in [6.07, 6.45) is 1.25. The molecule has 0 N–H and O–H groups in total. The van der Waals surface area contributed by atoms with Gasteiger partial charge in [0, 0.05) is 19.5 Å². The fourth-order valence-electron chi connectivity index (χ4n) is 2.72. The van der Waals surface area contributed by atoms with E-state index in [1.165, 1.54) is 0 Å². The van der Waals surface area contributed by atoms with E-state index in [2.05, 4.69) is 14.8 Å². The first-order valence-electron chi connectivity index (χ1n) is 7.47. The van der Waals surface area contributed by atoms with Crippen molar-refractivity contribution in [3.63, 3.8) is 0 Å². The number of carbonyl (C=O) groups excluding carboxylic acids is 1. The Kier molecular flexibility index (Phi) is 4.09. The van der Waals surface area contributed by atoms with E-state index in [4.69, 9.17) is 4.74 Å². The number of aryl methyl sites for hydroxylation is 2. The van der Waals surface area contributed by atoms with E-state index in [9.17, 15) is 4.79 Å². The Morgan fingerprint density at radius 3 is 2.73 bits per heavy atom. The van der Waals surface area contributed by atoms with Crippen LogP contribution in [0.5, 0.6) is 5.75 Å². The van der Waals surface area contributed by atoms with Gasteiger partial charge in [0.15, 0.2) is 5.82 Å². The van der Waals surface area contributed by atoms with Crippen LogP contribution in [0.25, 0.3) is 0 Å². The minimum atomic E-state index is 0.169. The number of hydrogen-bond donors (Lipinski definition) is 0. The van der Waals surface area contributed by atoms with Gasteiger partial charge in [-0.15, -0.1) is 10.2 Å². The zero-order valence-corrected chi connectivity index (χ0v) is 13.0. The first kappa shape index (κ1) is 14.6. The third kappa shape index (κ3) is 2.95. The van der Waals surface area contributed by atoms with Crippen LogP contribution in [0.15, 0.2) is 24.3 Å². The molecule has 6 heteroatoms. The Morgan fingerprint density at radius 1 is 1.23 bits per heavy atom. The van der Waals surface area contributed by atoms with E-state index < -0.39 is 0 Å². The lowest BCUT2D eigenvalue weighted by atomic mass is 10.1. The summed E-state index contributed by atoms with van der Waals surface area (Å²) < 4.78 is 7.21. The molecule has 1 aliphatic heterocycles. The maximum absolute atomic E-state index is 12.4. The lowest BCUT2D eigenvalue weighted by Crippen LogP contribution is -2.38. The smallest absolute Gasteiger partial charge is 0.223 e. The molecule has 0 radical (unpaired) electrons. The van der Waals surface area contributed by atoms with E-state index >= 15 is 0 Å². The van der Waals surface area contributed by atoms with E-state index in [1.54, 1.807) is 7.11 Å². The predicted molar refractivity (Wildman–Crippen MR) is 81.5 cm³/mol. The maximum atomic E-state index is 12.4. The highest BCUT2D eigenvalue weighted by molar-refractivity contribution is 5.76. The van der Waals surface area contributed by atoms with Crippen molar-refractivity contribution < 1.29 is 9.53 Å². The Bertz CT molecular complexity index is 663. The molecule has 0 fully saturated rings. The van der Waals surface area contributed by atoms with Crippen molar-refractivity contribution in [2.24, 2.45) is 0 Å². The van der Waals surface area contributed by atoms with Gasteiger partial charge in [0.1, 0.15) is 11.6 Å². The number of aromatic nitrogens is 3. The van der Waals surface area contributed by atoms with Gasteiger partial charge in [-0.25, -0.2) is 0 Å². The third-order valence-electron chi connectivity index (χ3n) is 4.08. The molecule has 116 valence electrons. The van der Waals surface area contributed by atoms with Crippen LogP contribution in [-0.2, 0) is 24.3 Å². The summed E-state index contributed by atoms with van der Waals surface area (Å²) in [5, 5.41) is 8.20. The summed E-state index contributed by atoms with van der Waals surface area (Å²) in [5.74, 6) is 2.80. The molecule has 1 amide bonds. The van der Waals surface area contributed by atoms with Crippen molar-refractivity contribution in [1.29, 1.82) is 0 Å². The zero-order chi connectivity index (χ0) is 15.5. The molecule has 3 rings (SSSR count). The van der Waals surface area contributed by atoms with Gasteiger partial charge >= 0.3 is 0 Å². The van der Waals surface area contributed by atoms with E-state index in [1.807, 2.05) is 36.1 Å². The molecular weight excluding hydrogens is 280 g/mol. The minimum absolute atomic E-state index is 0.169. The molecule has 0 spiro atoms. The number of rotatable bonds is 4. The highest BCUT2D eigenvalue weighted by atomic mass is 16.5. The molecule has 1 aromatic heterocycles. The SMILES string of the molecule is COc1ccc(CCC(=O)N2CCn3c(C)nnc3C2)cc1. The Balaban J connectivity index is 1.56. The lowest BCUT2D eigenvalue weighted by molar-refractivity contribution is -0.132. The van der Waals surface area contributed by atoms with Crippen molar-refractivity contribution >= 4 is 5.91 Å². The van der Waals surface area contributed by atoms with Crippen LogP contribution in [0.1, 0.15) is 23.6 Å². The molecule has 0 saturated heterocycles. The van der Waals surface area contributed by atoms with Gasteiger partial charge in [0.2, 0.25) is 5.91 Å². The largest absolute Gasteiger partial charge is 0.497 e. The summed E-state index contributed by atoms with van der Waals surface area (Å²) in [4.78, 5) is 14.2. The van der Waals surface area contributed by atoms with Crippen LogP contribution in [0, 0.1) is 6.92 Å². The standard InChI is InChI=1S/C16H20N4O2/c1-12-17-18-15-11-19(9-10-20(12)15)16(21)8-5-13-3-6-14(22-2)7-4-13/h3-4,6-7H,5,8-11H2,1-2H3. The van der Waals surface area contributed by atoms with Gasteiger partial charge in [-0.05, 0) is 31.0 Å². The zero-order valence-electron chi connectivity index (χ0n) is 13.0. The monoisotopic (exact) mass is 300 g/mol. The number of ether oxygens (including phenoxy) is 1. The van der Waals surface area contributed by atoms with Crippen LogP contribution < -0.4 is 4.74 Å². The van der Waals surface area contributed by atoms with Crippen LogP contribution in [0.4, 0.5) is 0 Å². The van der Waals surface area contributed by atoms with Crippen LogP contribution in [-0.4, -0.2) is 39.2 Å². The Hall–Kier alpha value is -2.37. The van der Waals surface area contributed by atoms with E-state index in [0.717, 1.165) is 42.5 Å². The average molecular weight is 300 g/mol. The fraction of sp³-hybridized carbons (Fsp3) is 0.438. The molecule has 0 aliphatic carbocycles. The topological polar surface area (TPSA) is 60.2 Å². The number of methoxy groups -OCH3 is 1. The highest BCUT2D eigenvalue weighted by Gasteiger charge is 2.22. The van der Waals surface area contributed by atoms with E-state index in [0.29, 0.717) is 13.0 Å². The number of benzene rings is 1. The van der Waals surface area contributed by atoms with Crippen molar-refractivity contribution in [2.45, 2.75) is 32.9 Å². The van der Waals surface area contributed by atoms with Gasteiger partial charge < -0.3 is 14.2 Å². The first-order chi connectivity index (χ1) is 10.7. The number of hydrogen-bond acceptors (Lipinski definition) is 4. The maximum Gasteiger partial charge on any atom is 0.223 e. The minimum Gasteiger partial charge on any atom is -0.497 e. The summed E-state index contributed by atoms with van der Waals surface area (Å²) >= 11 is 0. The molecule has 0 saturated carbocycles. The van der Waals surface area contributed by atoms with Crippen molar-refractivity contribution in [3.8, 4) is 5.75 Å². The van der Waals surface area contributed by atoms with Gasteiger partial charge in [-0.3, -0.25) is 4.79 Å². The first-order valence-corrected chi connectivity index (χ1v) is 7.47. The second-order valence-electron chi connectivity index (χ2n) is 5.48. The second-order valence-corrected chi connectivity index (χ2v) is 5.48. The van der Waals surface area contributed by atoms with Crippen LogP contribution >= 0.6 is 0 Å². The number of nitrogens with zero attached hydrogens (tertiary/aromatic N) is 4. The van der Waals surface area contributed by atoms with Crippen LogP contribution in [0.2, 0.25) is 0 Å². The van der Waals surface area contributed by atoms with Crippen LogP contribution in [0.3, 0.4) is 0 Å². The van der Waals surface area contributed by atoms with E-state index in [-0.39, 0.29) is 5.91 Å².